The smallest absolute Gasteiger partial charge is 0.258 e. The summed E-state index contributed by atoms with van der Waals surface area (Å²) in [6.07, 6.45) is 0.947. The molecule has 2 N–H and O–H groups in total. The highest BCUT2D eigenvalue weighted by molar-refractivity contribution is 8.01. The fourth-order valence-corrected chi connectivity index (χ4v) is 5.08. The van der Waals surface area contributed by atoms with E-state index < -0.39 is 0 Å². The van der Waals surface area contributed by atoms with Gasteiger partial charge in [0.2, 0.25) is 5.13 Å². The Morgan fingerprint density at radius 3 is 2.83 bits per heavy atom. The largest absolute Gasteiger partial charge is 0.330 e. The van der Waals surface area contributed by atoms with Crippen LogP contribution in [0.4, 0.5) is 10.8 Å². The van der Waals surface area contributed by atoms with Crippen LogP contribution in [0.2, 0.25) is 0 Å². The van der Waals surface area contributed by atoms with Crippen molar-refractivity contribution in [1.82, 2.24) is 20.2 Å². The van der Waals surface area contributed by atoms with Crippen LogP contribution in [0.15, 0.2) is 51.6 Å². The third-order valence-electron chi connectivity index (χ3n) is 4.67. The van der Waals surface area contributed by atoms with Crippen molar-refractivity contribution >= 4 is 44.8 Å². The second kappa shape index (κ2) is 8.34. The number of thioether (sulfide) groups is 1. The van der Waals surface area contributed by atoms with Crippen molar-refractivity contribution in [1.29, 1.82) is 0 Å². The summed E-state index contributed by atoms with van der Waals surface area (Å²) in [5, 5.41) is 13.3. The van der Waals surface area contributed by atoms with Crippen LogP contribution >= 0.6 is 23.1 Å². The first kappa shape index (κ1) is 19.6. The van der Waals surface area contributed by atoms with Gasteiger partial charge in [0.15, 0.2) is 4.34 Å². The third-order valence-corrected chi connectivity index (χ3v) is 6.70. The fraction of sp³-hybridized carbons (Fsp3) is 0.238. The Balaban J connectivity index is 1.53. The van der Waals surface area contributed by atoms with Gasteiger partial charge in [-0.25, -0.2) is 4.98 Å². The van der Waals surface area contributed by atoms with Gasteiger partial charge in [-0.05, 0) is 43.5 Å². The monoisotopic (exact) mass is 423 g/mol. The van der Waals surface area contributed by atoms with Gasteiger partial charge in [0.1, 0.15) is 5.82 Å². The molecule has 2 aromatic heterocycles. The van der Waals surface area contributed by atoms with Crippen molar-refractivity contribution in [3.05, 3.63) is 69.8 Å². The quantitative estimate of drug-likeness (QED) is 0.413. The molecule has 0 saturated heterocycles. The van der Waals surface area contributed by atoms with E-state index in [4.69, 9.17) is 0 Å². The zero-order valence-corrected chi connectivity index (χ0v) is 18.0. The van der Waals surface area contributed by atoms with Crippen molar-refractivity contribution in [3.8, 4) is 0 Å². The average molecular weight is 424 g/mol. The number of aromatic amines is 1. The number of hydrogen-bond donors (Lipinski definition) is 2. The highest BCUT2D eigenvalue weighted by Gasteiger charge is 2.16. The lowest BCUT2D eigenvalue weighted by atomic mass is 10.1. The number of anilines is 2. The molecule has 0 aliphatic heterocycles. The van der Waals surface area contributed by atoms with Crippen molar-refractivity contribution in [2.24, 2.45) is 0 Å². The molecule has 0 radical (unpaired) electrons. The van der Waals surface area contributed by atoms with Gasteiger partial charge in [0, 0.05) is 5.69 Å². The summed E-state index contributed by atoms with van der Waals surface area (Å²) in [7, 11) is 0. The summed E-state index contributed by atoms with van der Waals surface area (Å²) in [6.45, 7) is 6.23. The average Bonchev–Trinajstić information content (AvgIpc) is 3.16. The summed E-state index contributed by atoms with van der Waals surface area (Å²) in [5.41, 5.74) is 4.10. The maximum absolute atomic E-state index is 12.3. The van der Waals surface area contributed by atoms with Gasteiger partial charge in [-0.15, -0.1) is 10.2 Å². The highest BCUT2D eigenvalue weighted by atomic mass is 32.2. The molecule has 4 rings (SSSR count). The summed E-state index contributed by atoms with van der Waals surface area (Å²) in [4.78, 5) is 19.8. The zero-order valence-electron chi connectivity index (χ0n) is 16.4. The normalized spacial score (nSPS) is 12.2. The molecule has 0 aliphatic carbocycles. The van der Waals surface area contributed by atoms with E-state index in [1.54, 1.807) is 6.07 Å². The number of rotatable bonds is 6. The Morgan fingerprint density at radius 2 is 2.00 bits per heavy atom. The molecule has 2 heterocycles. The molecule has 0 fully saturated rings. The lowest BCUT2D eigenvalue weighted by Gasteiger charge is -2.11. The molecule has 1 atom stereocenters. The van der Waals surface area contributed by atoms with Crippen LogP contribution < -0.4 is 10.9 Å². The van der Waals surface area contributed by atoms with Gasteiger partial charge in [-0.1, -0.05) is 60.4 Å². The first-order valence-corrected chi connectivity index (χ1v) is 11.1. The SMILES string of the molecule is CCc1cccc(C)c1Nc1nnc(SC(C)c2nc3ccccc3c(=O)[nH]2)s1. The van der Waals surface area contributed by atoms with E-state index >= 15 is 0 Å². The summed E-state index contributed by atoms with van der Waals surface area (Å²) in [6, 6.07) is 13.6. The lowest BCUT2D eigenvalue weighted by Crippen LogP contribution is -2.12. The molecular formula is C21H21N5OS2. The number of benzene rings is 2. The molecule has 0 saturated carbocycles. The van der Waals surface area contributed by atoms with Crippen LogP contribution in [-0.4, -0.2) is 20.2 Å². The number of fused-ring (bicyclic) bond motifs is 1. The predicted molar refractivity (Wildman–Crippen MR) is 120 cm³/mol. The van der Waals surface area contributed by atoms with E-state index in [2.05, 4.69) is 57.5 Å². The minimum Gasteiger partial charge on any atom is -0.330 e. The number of hydrogen-bond acceptors (Lipinski definition) is 7. The van der Waals surface area contributed by atoms with Crippen LogP contribution in [-0.2, 0) is 6.42 Å². The molecule has 0 amide bonds. The van der Waals surface area contributed by atoms with E-state index in [1.807, 2.05) is 25.1 Å². The number of nitrogens with zero attached hydrogens (tertiary/aromatic N) is 3. The second-order valence-electron chi connectivity index (χ2n) is 6.69. The number of aryl methyl sites for hydroxylation is 2. The molecule has 4 aromatic rings. The molecule has 0 spiro atoms. The van der Waals surface area contributed by atoms with Gasteiger partial charge >= 0.3 is 0 Å². The number of aromatic nitrogens is 4. The van der Waals surface area contributed by atoms with Gasteiger partial charge in [-0.2, -0.15) is 0 Å². The number of para-hydroxylation sites is 2. The summed E-state index contributed by atoms with van der Waals surface area (Å²) in [5.74, 6) is 0.635. The predicted octanol–water partition coefficient (Wildman–Crippen LogP) is 5.24. The third kappa shape index (κ3) is 4.18. The van der Waals surface area contributed by atoms with Gasteiger partial charge in [0.05, 0.1) is 16.2 Å². The molecular weight excluding hydrogens is 402 g/mol. The van der Waals surface area contributed by atoms with Crippen molar-refractivity contribution in [3.63, 3.8) is 0 Å². The highest BCUT2D eigenvalue weighted by Crippen LogP contribution is 2.37. The Hall–Kier alpha value is -2.71. The maximum Gasteiger partial charge on any atom is 0.258 e. The van der Waals surface area contributed by atoms with Crippen molar-refractivity contribution < 1.29 is 0 Å². The lowest BCUT2D eigenvalue weighted by molar-refractivity contribution is 0.916. The Morgan fingerprint density at radius 1 is 1.17 bits per heavy atom. The first-order valence-electron chi connectivity index (χ1n) is 9.39. The Labute approximate surface area is 176 Å². The van der Waals surface area contributed by atoms with Crippen molar-refractivity contribution in [2.75, 3.05) is 5.32 Å². The van der Waals surface area contributed by atoms with Gasteiger partial charge < -0.3 is 10.3 Å². The molecule has 8 heteroatoms. The molecule has 29 heavy (non-hydrogen) atoms. The van der Waals surface area contributed by atoms with E-state index in [0.717, 1.165) is 21.6 Å². The van der Waals surface area contributed by atoms with Crippen LogP contribution in [0, 0.1) is 6.92 Å². The number of nitrogens with one attached hydrogen (secondary N) is 2. The molecule has 0 bridgehead atoms. The van der Waals surface area contributed by atoms with E-state index in [9.17, 15) is 4.79 Å². The standard InChI is InChI=1S/C21H21N5OS2/c1-4-14-9-7-8-12(2)17(14)23-20-25-26-21(29-20)28-13(3)18-22-16-11-6-5-10-15(16)19(27)24-18/h5-11,13H,4H2,1-3H3,(H,23,25)(H,22,24,27). The molecule has 0 aliphatic rings. The summed E-state index contributed by atoms with van der Waals surface area (Å²) < 4.78 is 0.822. The number of H-pyrrole nitrogens is 1. The molecule has 2 aromatic carbocycles. The second-order valence-corrected chi connectivity index (χ2v) is 9.25. The van der Waals surface area contributed by atoms with Gasteiger partial charge in [0.25, 0.3) is 5.56 Å². The van der Waals surface area contributed by atoms with E-state index in [1.165, 1.54) is 34.2 Å². The van der Waals surface area contributed by atoms with Crippen LogP contribution in [0.25, 0.3) is 10.9 Å². The Bertz CT molecular complexity index is 1220. The fourth-order valence-electron chi connectivity index (χ4n) is 3.12. The summed E-state index contributed by atoms with van der Waals surface area (Å²) >= 11 is 3.03. The minimum absolute atomic E-state index is 0.0576. The van der Waals surface area contributed by atoms with E-state index in [0.29, 0.717) is 16.7 Å². The maximum atomic E-state index is 12.3. The molecule has 1 unspecified atom stereocenters. The van der Waals surface area contributed by atoms with Crippen LogP contribution in [0.5, 0.6) is 0 Å². The first-order chi connectivity index (χ1) is 14.0. The van der Waals surface area contributed by atoms with Gasteiger partial charge in [-0.3, -0.25) is 4.79 Å². The van der Waals surface area contributed by atoms with E-state index in [-0.39, 0.29) is 10.8 Å². The minimum atomic E-state index is -0.121. The molecule has 148 valence electrons. The van der Waals surface area contributed by atoms with Crippen molar-refractivity contribution in [2.45, 2.75) is 36.8 Å². The van der Waals surface area contributed by atoms with Crippen LogP contribution in [0.3, 0.4) is 0 Å². The zero-order chi connectivity index (χ0) is 20.4. The Kier molecular flexibility index (Phi) is 5.64. The topological polar surface area (TPSA) is 83.6 Å². The molecule has 6 nitrogen and oxygen atoms in total. The van der Waals surface area contributed by atoms with Crippen LogP contribution in [0.1, 0.15) is 36.0 Å².